The van der Waals surface area contributed by atoms with Gasteiger partial charge < -0.3 is 15.4 Å². The SMILES string of the molecule is CCCNC(=O)c1c(NC(=O)c2cccc(COc3ccc([N+](=O)[O-])c(C)c3)c2)cnn1C. The fourth-order valence-electron chi connectivity index (χ4n) is 3.21. The second-order valence-corrected chi connectivity index (χ2v) is 7.43. The number of nitrogens with zero attached hydrogens (tertiary/aromatic N) is 3. The Hall–Kier alpha value is -4.21. The summed E-state index contributed by atoms with van der Waals surface area (Å²) < 4.78 is 7.15. The zero-order valence-corrected chi connectivity index (χ0v) is 18.6. The van der Waals surface area contributed by atoms with Gasteiger partial charge in [-0.25, -0.2) is 0 Å². The summed E-state index contributed by atoms with van der Waals surface area (Å²) in [7, 11) is 1.63. The molecule has 3 aromatic rings. The van der Waals surface area contributed by atoms with Crippen LogP contribution in [0.15, 0.2) is 48.7 Å². The number of nitro benzene ring substituents is 1. The number of ether oxygens (including phenoxy) is 1. The molecule has 0 saturated heterocycles. The van der Waals surface area contributed by atoms with Crippen LogP contribution in [0.3, 0.4) is 0 Å². The molecule has 0 atom stereocenters. The number of hydrogen-bond acceptors (Lipinski definition) is 6. The highest BCUT2D eigenvalue weighted by Crippen LogP contribution is 2.24. The van der Waals surface area contributed by atoms with Crippen molar-refractivity contribution in [2.75, 3.05) is 11.9 Å². The van der Waals surface area contributed by atoms with E-state index in [1.54, 1.807) is 38.2 Å². The molecule has 0 bridgehead atoms. The first-order chi connectivity index (χ1) is 15.8. The van der Waals surface area contributed by atoms with Crippen molar-refractivity contribution in [2.24, 2.45) is 7.05 Å². The lowest BCUT2D eigenvalue weighted by molar-refractivity contribution is -0.385. The number of aryl methyl sites for hydroxylation is 2. The minimum atomic E-state index is -0.442. The maximum absolute atomic E-state index is 12.8. The van der Waals surface area contributed by atoms with Crippen LogP contribution in [0, 0.1) is 17.0 Å². The van der Waals surface area contributed by atoms with Crippen LogP contribution in [0.1, 0.15) is 45.3 Å². The van der Waals surface area contributed by atoms with Gasteiger partial charge in [-0.15, -0.1) is 0 Å². The predicted octanol–water partition coefficient (Wildman–Crippen LogP) is 3.61. The van der Waals surface area contributed by atoms with Crippen molar-refractivity contribution in [3.05, 3.63) is 81.2 Å². The molecule has 3 rings (SSSR count). The molecule has 1 aromatic heterocycles. The number of aromatic nitrogens is 2. The normalized spacial score (nSPS) is 10.5. The number of amides is 2. The van der Waals surface area contributed by atoms with Gasteiger partial charge in [0.2, 0.25) is 0 Å². The van der Waals surface area contributed by atoms with Crippen LogP contribution in [-0.2, 0) is 13.7 Å². The fraction of sp³-hybridized carbons (Fsp3) is 0.261. The smallest absolute Gasteiger partial charge is 0.272 e. The molecule has 33 heavy (non-hydrogen) atoms. The molecule has 172 valence electrons. The van der Waals surface area contributed by atoms with E-state index in [1.807, 2.05) is 13.0 Å². The third-order valence-electron chi connectivity index (χ3n) is 4.90. The summed E-state index contributed by atoms with van der Waals surface area (Å²) in [5.74, 6) is -0.209. The standard InChI is InChI=1S/C23H25N5O5/c1-4-10-24-23(30)21-19(13-25-27(21)3)26-22(29)17-7-5-6-16(12-17)14-33-18-8-9-20(28(31)32)15(2)11-18/h5-9,11-13H,4,10,14H2,1-3H3,(H,24,30)(H,26,29). The Labute approximate surface area is 190 Å². The fourth-order valence-corrected chi connectivity index (χ4v) is 3.21. The van der Waals surface area contributed by atoms with Crippen LogP contribution in [-0.4, -0.2) is 33.1 Å². The first-order valence-corrected chi connectivity index (χ1v) is 10.4. The van der Waals surface area contributed by atoms with Gasteiger partial charge in [0.1, 0.15) is 18.1 Å². The molecule has 1 heterocycles. The van der Waals surface area contributed by atoms with Gasteiger partial charge in [0.15, 0.2) is 0 Å². The average Bonchev–Trinajstić information content (AvgIpc) is 3.15. The number of carbonyl (C=O) groups excluding carboxylic acids is 2. The van der Waals surface area contributed by atoms with Crippen molar-refractivity contribution in [3.8, 4) is 5.75 Å². The van der Waals surface area contributed by atoms with Gasteiger partial charge in [0, 0.05) is 30.8 Å². The molecule has 0 aliphatic carbocycles. The summed E-state index contributed by atoms with van der Waals surface area (Å²) >= 11 is 0. The third kappa shape index (κ3) is 5.73. The number of hydrogen-bond donors (Lipinski definition) is 2. The van der Waals surface area contributed by atoms with Gasteiger partial charge in [0.25, 0.3) is 17.5 Å². The first kappa shape index (κ1) is 23.5. The molecule has 2 amide bonds. The van der Waals surface area contributed by atoms with Crippen LogP contribution in [0.4, 0.5) is 11.4 Å². The highest BCUT2D eigenvalue weighted by molar-refractivity contribution is 6.08. The van der Waals surface area contributed by atoms with Gasteiger partial charge in [0.05, 0.1) is 16.8 Å². The summed E-state index contributed by atoms with van der Waals surface area (Å²) in [6.45, 7) is 4.29. The number of rotatable bonds is 9. The van der Waals surface area contributed by atoms with E-state index in [0.717, 1.165) is 12.0 Å². The van der Waals surface area contributed by atoms with Gasteiger partial charge in [-0.1, -0.05) is 19.1 Å². The average molecular weight is 451 g/mol. The molecule has 0 saturated carbocycles. The van der Waals surface area contributed by atoms with E-state index < -0.39 is 4.92 Å². The lowest BCUT2D eigenvalue weighted by Crippen LogP contribution is -2.27. The summed E-state index contributed by atoms with van der Waals surface area (Å²) in [5, 5.41) is 20.5. The van der Waals surface area contributed by atoms with Crippen molar-refractivity contribution >= 4 is 23.2 Å². The molecular formula is C23H25N5O5. The Morgan fingerprint density at radius 3 is 2.67 bits per heavy atom. The Bertz CT molecular complexity index is 1190. The second-order valence-electron chi connectivity index (χ2n) is 7.43. The van der Waals surface area contributed by atoms with Crippen molar-refractivity contribution in [1.82, 2.24) is 15.1 Å². The highest BCUT2D eigenvalue weighted by atomic mass is 16.6. The number of carbonyl (C=O) groups is 2. The molecule has 10 nitrogen and oxygen atoms in total. The van der Waals surface area contributed by atoms with E-state index in [1.165, 1.54) is 23.0 Å². The lowest BCUT2D eigenvalue weighted by atomic mass is 10.1. The van der Waals surface area contributed by atoms with Crippen molar-refractivity contribution < 1.29 is 19.2 Å². The summed E-state index contributed by atoms with van der Waals surface area (Å²) in [5.41, 5.74) is 2.24. The van der Waals surface area contributed by atoms with E-state index in [-0.39, 0.29) is 29.8 Å². The van der Waals surface area contributed by atoms with Crippen LogP contribution >= 0.6 is 0 Å². The van der Waals surface area contributed by atoms with Gasteiger partial charge in [-0.3, -0.25) is 24.4 Å². The summed E-state index contributed by atoms with van der Waals surface area (Å²) in [6.07, 6.45) is 2.22. The summed E-state index contributed by atoms with van der Waals surface area (Å²) in [4.78, 5) is 35.7. The van der Waals surface area contributed by atoms with Crippen molar-refractivity contribution in [3.63, 3.8) is 0 Å². The van der Waals surface area contributed by atoms with E-state index in [0.29, 0.717) is 29.1 Å². The Kier molecular flexibility index (Phi) is 7.39. The zero-order chi connectivity index (χ0) is 24.0. The second kappa shape index (κ2) is 10.4. The molecule has 2 aromatic carbocycles. The molecule has 0 unspecified atom stereocenters. The molecule has 0 aliphatic rings. The monoisotopic (exact) mass is 451 g/mol. The van der Waals surface area contributed by atoms with Gasteiger partial charge >= 0.3 is 0 Å². The number of benzene rings is 2. The van der Waals surface area contributed by atoms with Gasteiger partial charge in [-0.05, 0) is 43.2 Å². The van der Waals surface area contributed by atoms with Crippen molar-refractivity contribution in [2.45, 2.75) is 26.9 Å². The first-order valence-electron chi connectivity index (χ1n) is 10.4. The summed E-state index contributed by atoms with van der Waals surface area (Å²) in [6, 6.07) is 11.4. The third-order valence-corrected chi connectivity index (χ3v) is 4.90. The van der Waals surface area contributed by atoms with E-state index in [9.17, 15) is 19.7 Å². The lowest BCUT2D eigenvalue weighted by Gasteiger charge is -2.10. The Morgan fingerprint density at radius 2 is 1.97 bits per heavy atom. The maximum atomic E-state index is 12.8. The molecular weight excluding hydrogens is 426 g/mol. The minimum absolute atomic E-state index is 0.0270. The number of anilines is 1. The topological polar surface area (TPSA) is 128 Å². The Morgan fingerprint density at radius 1 is 1.18 bits per heavy atom. The highest BCUT2D eigenvalue weighted by Gasteiger charge is 2.19. The van der Waals surface area contributed by atoms with Gasteiger partial charge in [-0.2, -0.15) is 5.10 Å². The molecule has 0 spiro atoms. The predicted molar refractivity (Wildman–Crippen MR) is 122 cm³/mol. The van der Waals surface area contributed by atoms with E-state index in [4.69, 9.17) is 4.74 Å². The number of nitro groups is 1. The molecule has 0 fully saturated rings. The maximum Gasteiger partial charge on any atom is 0.272 e. The van der Waals surface area contributed by atoms with Crippen LogP contribution < -0.4 is 15.4 Å². The van der Waals surface area contributed by atoms with Crippen LogP contribution in [0.2, 0.25) is 0 Å². The minimum Gasteiger partial charge on any atom is -0.489 e. The van der Waals surface area contributed by atoms with E-state index >= 15 is 0 Å². The molecule has 0 radical (unpaired) electrons. The van der Waals surface area contributed by atoms with Crippen molar-refractivity contribution in [1.29, 1.82) is 0 Å². The largest absolute Gasteiger partial charge is 0.489 e. The number of nitrogens with one attached hydrogen (secondary N) is 2. The van der Waals surface area contributed by atoms with E-state index in [2.05, 4.69) is 15.7 Å². The van der Waals surface area contributed by atoms with Crippen LogP contribution in [0.5, 0.6) is 5.75 Å². The molecule has 10 heteroatoms. The zero-order valence-electron chi connectivity index (χ0n) is 18.6. The Balaban J connectivity index is 1.69. The quantitative estimate of drug-likeness (QED) is 0.378. The van der Waals surface area contributed by atoms with Crippen LogP contribution in [0.25, 0.3) is 0 Å². The molecule has 2 N–H and O–H groups in total. The molecule has 0 aliphatic heterocycles.